The van der Waals surface area contributed by atoms with Crippen LogP contribution in [-0.4, -0.2) is 58.8 Å². The van der Waals surface area contributed by atoms with Crippen LogP contribution in [0.15, 0.2) is 18.3 Å². The van der Waals surface area contributed by atoms with E-state index in [1.165, 1.54) is 51.1 Å². The second kappa shape index (κ2) is 7.29. The molecule has 2 saturated heterocycles. The second-order valence-electron chi connectivity index (χ2n) is 10.5. The number of fused-ring (bicyclic) bond motifs is 2. The number of pyridine rings is 1. The summed E-state index contributed by atoms with van der Waals surface area (Å²) in [4.78, 5) is 10.5. The highest BCUT2D eigenvalue weighted by Gasteiger charge is 2.44. The van der Waals surface area contributed by atoms with Crippen LogP contribution in [0.3, 0.4) is 0 Å². The quantitative estimate of drug-likeness (QED) is 0.662. The molecule has 5 heterocycles. The molecule has 6 rings (SSSR count). The lowest BCUT2D eigenvalue weighted by Crippen LogP contribution is -2.54. The largest absolute Gasteiger partial charge is 0.356 e. The van der Waals surface area contributed by atoms with Crippen molar-refractivity contribution in [3.05, 3.63) is 40.7 Å². The van der Waals surface area contributed by atoms with Gasteiger partial charge in [0.15, 0.2) is 0 Å². The Morgan fingerprint density at radius 1 is 1.09 bits per heavy atom. The summed E-state index contributed by atoms with van der Waals surface area (Å²) in [6.07, 6.45) is 4.32. The molecular weight excluding hydrogens is 396 g/mol. The van der Waals surface area contributed by atoms with Crippen LogP contribution >= 0.6 is 0 Å². The van der Waals surface area contributed by atoms with Crippen LogP contribution in [0.2, 0.25) is 0 Å². The molecular formula is C26H34N6. The number of nitrogens with zero attached hydrogens (tertiary/aromatic N) is 4. The molecule has 6 nitrogen and oxygen atoms in total. The van der Waals surface area contributed by atoms with Gasteiger partial charge in [0.1, 0.15) is 5.82 Å². The Labute approximate surface area is 190 Å². The second-order valence-corrected chi connectivity index (χ2v) is 10.5. The van der Waals surface area contributed by atoms with E-state index in [4.69, 9.17) is 4.98 Å². The average molecular weight is 431 g/mol. The minimum absolute atomic E-state index is 0.453. The third kappa shape index (κ3) is 3.00. The van der Waals surface area contributed by atoms with E-state index in [2.05, 4.69) is 65.1 Å². The molecule has 0 amide bonds. The molecule has 1 spiro atoms. The molecule has 0 atom stereocenters. The zero-order chi connectivity index (χ0) is 22.0. The number of H-pyrrole nitrogens is 1. The fraction of sp³-hybridized carbons (Fsp3) is 0.538. The van der Waals surface area contributed by atoms with Gasteiger partial charge < -0.3 is 10.2 Å². The molecule has 0 unspecified atom stereocenters. The number of aromatic nitrogens is 3. The lowest BCUT2D eigenvalue weighted by atomic mass is 9.81. The molecule has 32 heavy (non-hydrogen) atoms. The van der Waals surface area contributed by atoms with E-state index in [1.54, 1.807) is 0 Å². The molecule has 0 saturated carbocycles. The molecule has 2 N–H and O–H groups in total. The first-order valence-electron chi connectivity index (χ1n) is 12.1. The molecule has 3 aromatic rings. The van der Waals surface area contributed by atoms with Crippen molar-refractivity contribution in [3.8, 4) is 11.1 Å². The van der Waals surface area contributed by atoms with Gasteiger partial charge in [-0.05, 0) is 74.4 Å². The first kappa shape index (κ1) is 20.2. The topological polar surface area (TPSA) is 60.1 Å². The van der Waals surface area contributed by atoms with Gasteiger partial charge in [-0.15, -0.1) is 0 Å². The molecule has 1 aromatic carbocycles. The van der Waals surface area contributed by atoms with E-state index in [9.17, 15) is 0 Å². The van der Waals surface area contributed by atoms with Gasteiger partial charge in [0.25, 0.3) is 0 Å². The molecule has 3 aliphatic rings. The summed E-state index contributed by atoms with van der Waals surface area (Å²) in [5.41, 5.74) is 9.67. The minimum atomic E-state index is 0.453. The van der Waals surface area contributed by atoms with Crippen LogP contribution in [0.5, 0.6) is 0 Å². The van der Waals surface area contributed by atoms with Crippen LogP contribution in [0.4, 0.5) is 5.82 Å². The van der Waals surface area contributed by atoms with Crippen LogP contribution in [-0.2, 0) is 13.0 Å². The van der Waals surface area contributed by atoms with Crippen LogP contribution in [0.1, 0.15) is 42.7 Å². The van der Waals surface area contributed by atoms with E-state index in [0.29, 0.717) is 11.5 Å². The molecule has 3 aliphatic heterocycles. The fourth-order valence-corrected chi connectivity index (χ4v) is 6.12. The van der Waals surface area contributed by atoms with E-state index in [-0.39, 0.29) is 0 Å². The Hall–Kier alpha value is -2.44. The Kier molecular flexibility index (Phi) is 4.60. The lowest BCUT2D eigenvalue weighted by Gasteiger charge is -2.39. The number of nitrogens with one attached hydrogen (secondary N) is 2. The number of aryl methyl sites for hydroxylation is 1. The fourth-order valence-electron chi connectivity index (χ4n) is 6.12. The Bertz CT molecular complexity index is 1190. The van der Waals surface area contributed by atoms with E-state index in [0.717, 1.165) is 51.2 Å². The van der Waals surface area contributed by atoms with Gasteiger partial charge in [-0.2, -0.15) is 5.10 Å². The Morgan fingerprint density at radius 3 is 2.66 bits per heavy atom. The number of rotatable bonds is 3. The monoisotopic (exact) mass is 430 g/mol. The number of hydrogen-bond donors (Lipinski definition) is 2. The summed E-state index contributed by atoms with van der Waals surface area (Å²) >= 11 is 0. The highest BCUT2D eigenvalue weighted by atomic mass is 15.2. The van der Waals surface area contributed by atoms with Gasteiger partial charge in [0.05, 0.1) is 17.4 Å². The molecule has 0 aliphatic carbocycles. The summed E-state index contributed by atoms with van der Waals surface area (Å²) in [7, 11) is 0. The van der Waals surface area contributed by atoms with E-state index in [1.807, 2.05) is 6.20 Å². The van der Waals surface area contributed by atoms with Crippen molar-refractivity contribution in [3.63, 3.8) is 0 Å². The highest BCUT2D eigenvalue weighted by molar-refractivity contribution is 5.98. The molecule has 6 heteroatoms. The number of hydrogen-bond acceptors (Lipinski definition) is 5. The van der Waals surface area contributed by atoms with Crippen molar-refractivity contribution in [2.45, 2.75) is 53.1 Å². The third-order valence-corrected chi connectivity index (χ3v) is 8.15. The van der Waals surface area contributed by atoms with Crippen LogP contribution < -0.4 is 10.2 Å². The minimum Gasteiger partial charge on any atom is -0.356 e. The smallest absolute Gasteiger partial charge is 0.132 e. The first-order valence-corrected chi connectivity index (χ1v) is 12.1. The number of aromatic amines is 1. The van der Waals surface area contributed by atoms with Crippen molar-refractivity contribution >= 4 is 16.7 Å². The first-order chi connectivity index (χ1) is 15.5. The predicted molar refractivity (Wildman–Crippen MR) is 130 cm³/mol. The van der Waals surface area contributed by atoms with Gasteiger partial charge in [-0.1, -0.05) is 6.07 Å². The Morgan fingerprint density at radius 2 is 1.94 bits per heavy atom. The summed E-state index contributed by atoms with van der Waals surface area (Å²) in [6, 6.07) is 4.92. The van der Waals surface area contributed by atoms with Crippen molar-refractivity contribution < 1.29 is 0 Å². The number of benzene rings is 1. The molecule has 0 radical (unpaired) electrons. The maximum atomic E-state index is 5.38. The van der Waals surface area contributed by atoms with Crippen molar-refractivity contribution in [1.82, 2.24) is 25.4 Å². The van der Waals surface area contributed by atoms with Crippen molar-refractivity contribution in [2.75, 3.05) is 37.6 Å². The van der Waals surface area contributed by atoms with E-state index < -0.39 is 0 Å². The molecule has 168 valence electrons. The summed E-state index contributed by atoms with van der Waals surface area (Å²) < 4.78 is 0. The van der Waals surface area contributed by atoms with Gasteiger partial charge in [0.2, 0.25) is 0 Å². The molecule has 2 aromatic heterocycles. The number of anilines is 1. The standard InChI is InChI=1S/C26H34N6/c1-16(2)31-9-7-19-22(12-31)29-25(32-10-8-26(15-32)13-27-14-26)18(4)24(19)23-17(3)5-6-21-20(23)11-28-30-21/h5-6,11,16,27H,7-10,12-15H2,1-4H3,(H,28,30). The maximum Gasteiger partial charge on any atom is 0.132 e. The Balaban J connectivity index is 1.55. The van der Waals surface area contributed by atoms with E-state index >= 15 is 0 Å². The predicted octanol–water partition coefficient (Wildman–Crippen LogP) is 3.81. The normalized spacial score (nSPS) is 20.3. The van der Waals surface area contributed by atoms with Crippen molar-refractivity contribution in [1.29, 1.82) is 0 Å². The van der Waals surface area contributed by atoms with Crippen LogP contribution in [0, 0.1) is 19.3 Å². The highest BCUT2D eigenvalue weighted by Crippen LogP contribution is 2.44. The zero-order valence-corrected chi connectivity index (χ0v) is 19.8. The lowest BCUT2D eigenvalue weighted by molar-refractivity contribution is 0.198. The summed E-state index contributed by atoms with van der Waals surface area (Å²) in [5, 5.41) is 12.3. The van der Waals surface area contributed by atoms with Crippen LogP contribution in [0.25, 0.3) is 22.0 Å². The summed E-state index contributed by atoms with van der Waals surface area (Å²) in [5.74, 6) is 1.20. The third-order valence-electron chi connectivity index (χ3n) is 8.15. The van der Waals surface area contributed by atoms with Gasteiger partial charge in [0, 0.05) is 56.1 Å². The molecule has 2 fully saturated rings. The summed E-state index contributed by atoms with van der Waals surface area (Å²) in [6.45, 7) is 15.7. The van der Waals surface area contributed by atoms with Gasteiger partial charge in [-0.25, -0.2) is 4.98 Å². The average Bonchev–Trinajstić information content (AvgIpc) is 3.41. The van der Waals surface area contributed by atoms with Gasteiger partial charge >= 0.3 is 0 Å². The van der Waals surface area contributed by atoms with Gasteiger partial charge in [-0.3, -0.25) is 10.00 Å². The maximum absolute atomic E-state index is 5.38. The molecule has 0 bridgehead atoms. The zero-order valence-electron chi connectivity index (χ0n) is 19.8. The van der Waals surface area contributed by atoms with Crippen molar-refractivity contribution in [2.24, 2.45) is 5.41 Å². The SMILES string of the molecule is Cc1ccc2[nH]ncc2c1-c1c(C)c(N2CCC3(CNC3)C2)nc2c1CCN(C(C)C)C2.